The zero-order chi connectivity index (χ0) is 24.6. The van der Waals surface area contributed by atoms with E-state index in [1.165, 1.54) is 13.8 Å². The lowest BCUT2D eigenvalue weighted by molar-refractivity contribution is 0.514. The smallest absolute Gasteiger partial charge is 0.183 e. The Labute approximate surface area is 192 Å². The van der Waals surface area contributed by atoms with Gasteiger partial charge in [0.1, 0.15) is 33.1 Å². The highest BCUT2D eigenvalue weighted by Gasteiger charge is 2.28. The summed E-state index contributed by atoms with van der Waals surface area (Å²) in [5, 5.41) is 0. The Hall–Kier alpha value is -2.37. The molecular formula is C22H20F4O4S3. The number of rotatable bonds is 7. The van der Waals surface area contributed by atoms with Gasteiger partial charge in [0, 0.05) is 9.79 Å². The molecule has 0 saturated carbocycles. The van der Waals surface area contributed by atoms with E-state index in [1.54, 1.807) is 30.3 Å². The van der Waals surface area contributed by atoms with E-state index in [0.717, 1.165) is 24.3 Å². The molecule has 0 atom stereocenters. The summed E-state index contributed by atoms with van der Waals surface area (Å²) in [6.45, 7) is 2.49. The lowest BCUT2D eigenvalue weighted by atomic mass is 10.3. The number of hydrogen-bond acceptors (Lipinski definition) is 4. The van der Waals surface area contributed by atoms with E-state index in [-0.39, 0.29) is 9.79 Å². The summed E-state index contributed by atoms with van der Waals surface area (Å²) < 4.78 is 107. The summed E-state index contributed by atoms with van der Waals surface area (Å²) in [5.74, 6) is -6.31. The van der Waals surface area contributed by atoms with Gasteiger partial charge in [0.05, 0.1) is 11.5 Å². The van der Waals surface area contributed by atoms with Gasteiger partial charge in [-0.05, 0) is 41.3 Å². The average molecular weight is 521 g/mol. The van der Waals surface area contributed by atoms with Crippen molar-refractivity contribution in [1.29, 1.82) is 0 Å². The summed E-state index contributed by atoms with van der Waals surface area (Å²) in [6, 6.07) is 11.4. The van der Waals surface area contributed by atoms with Crippen LogP contribution in [0.15, 0.2) is 79.1 Å². The number of thiol groups is 1. The molecular weight excluding hydrogens is 500 g/mol. The SMILES string of the molecule is CCS(=O)(=O)c1c(F)cc([SH](c2ccccc2)c2cc(F)c(S(=O)(=O)CC)c(F)c2)cc1F. The molecule has 33 heavy (non-hydrogen) atoms. The van der Waals surface area contributed by atoms with Crippen LogP contribution >= 0.6 is 10.9 Å². The van der Waals surface area contributed by atoms with Crippen molar-refractivity contribution in [3.05, 3.63) is 77.9 Å². The highest BCUT2D eigenvalue weighted by Crippen LogP contribution is 2.52. The van der Waals surface area contributed by atoms with Gasteiger partial charge >= 0.3 is 0 Å². The summed E-state index contributed by atoms with van der Waals surface area (Å²) in [6.07, 6.45) is 0. The van der Waals surface area contributed by atoms with Gasteiger partial charge in [0.2, 0.25) is 0 Å². The summed E-state index contributed by atoms with van der Waals surface area (Å²) >= 11 is 0. The van der Waals surface area contributed by atoms with E-state index in [1.807, 2.05) is 0 Å². The van der Waals surface area contributed by atoms with Crippen LogP contribution in [-0.4, -0.2) is 28.3 Å². The fraction of sp³-hybridized carbons (Fsp3) is 0.182. The molecule has 0 aromatic heterocycles. The number of sulfone groups is 2. The minimum absolute atomic E-state index is 0.0360. The van der Waals surface area contributed by atoms with E-state index in [2.05, 4.69) is 0 Å². The molecule has 3 aromatic rings. The second kappa shape index (κ2) is 9.47. The van der Waals surface area contributed by atoms with Crippen LogP contribution in [0.4, 0.5) is 17.6 Å². The maximum absolute atomic E-state index is 14.8. The molecule has 0 aliphatic heterocycles. The zero-order valence-electron chi connectivity index (χ0n) is 17.5. The largest absolute Gasteiger partial charge is 0.223 e. The maximum Gasteiger partial charge on any atom is 0.183 e. The molecule has 178 valence electrons. The van der Waals surface area contributed by atoms with E-state index in [9.17, 15) is 34.4 Å². The van der Waals surface area contributed by atoms with Crippen LogP contribution in [0.25, 0.3) is 0 Å². The molecule has 0 aliphatic carbocycles. The summed E-state index contributed by atoms with van der Waals surface area (Å²) in [5.41, 5.74) is 0. The predicted molar refractivity (Wildman–Crippen MR) is 118 cm³/mol. The van der Waals surface area contributed by atoms with Crippen molar-refractivity contribution < 1.29 is 34.4 Å². The third kappa shape index (κ3) is 4.95. The van der Waals surface area contributed by atoms with Gasteiger partial charge in [-0.3, -0.25) is 0 Å². The molecule has 3 rings (SSSR count). The Kier molecular flexibility index (Phi) is 7.25. The first-order valence-corrected chi connectivity index (χ1v) is 14.4. The standard InChI is InChI=1S/C22H20F4O4S3/c1-3-32(27,28)21-17(23)10-15(11-18(21)24)31(14-8-6-5-7-9-14)16-12-19(25)22(20(26)13-16)33(29,30)4-2/h5-13,31H,3-4H2,1-2H3. The van der Waals surface area contributed by atoms with Crippen LogP contribution in [0.3, 0.4) is 0 Å². The first kappa shape index (κ1) is 25.3. The van der Waals surface area contributed by atoms with E-state index < -0.39 is 75.1 Å². The van der Waals surface area contributed by atoms with Crippen LogP contribution in [0, 0.1) is 23.3 Å². The zero-order valence-corrected chi connectivity index (χ0v) is 20.0. The Morgan fingerprint density at radius 3 is 1.24 bits per heavy atom. The number of benzene rings is 3. The fourth-order valence-electron chi connectivity index (χ4n) is 3.26. The van der Waals surface area contributed by atoms with E-state index in [4.69, 9.17) is 0 Å². The second-order valence-corrected chi connectivity index (χ2v) is 13.6. The normalized spacial score (nSPS) is 12.6. The molecule has 0 heterocycles. The number of halogens is 4. The van der Waals surface area contributed by atoms with E-state index >= 15 is 0 Å². The van der Waals surface area contributed by atoms with E-state index in [0.29, 0.717) is 4.90 Å². The third-order valence-corrected chi connectivity index (χ3v) is 10.8. The molecule has 11 heteroatoms. The molecule has 0 bridgehead atoms. The molecule has 3 aromatic carbocycles. The van der Waals surface area contributed by atoms with Crippen LogP contribution in [0.5, 0.6) is 0 Å². The Balaban J connectivity index is 2.29. The molecule has 0 amide bonds. The van der Waals surface area contributed by atoms with Gasteiger partial charge < -0.3 is 0 Å². The van der Waals surface area contributed by atoms with Crippen molar-refractivity contribution in [1.82, 2.24) is 0 Å². The molecule has 0 radical (unpaired) electrons. The van der Waals surface area contributed by atoms with Crippen LogP contribution in [0.2, 0.25) is 0 Å². The van der Waals surface area contributed by atoms with Crippen molar-refractivity contribution in [3.8, 4) is 0 Å². The minimum atomic E-state index is -4.20. The van der Waals surface area contributed by atoms with Gasteiger partial charge in [-0.1, -0.05) is 32.0 Å². The predicted octanol–water partition coefficient (Wildman–Crippen LogP) is 5.31. The molecule has 0 saturated heterocycles. The number of hydrogen-bond donors (Lipinski definition) is 1. The van der Waals surface area contributed by atoms with Crippen molar-refractivity contribution in [3.63, 3.8) is 0 Å². The second-order valence-electron chi connectivity index (χ2n) is 6.95. The highest BCUT2D eigenvalue weighted by molar-refractivity contribution is 8.17. The van der Waals surface area contributed by atoms with Crippen molar-refractivity contribution in [2.75, 3.05) is 11.5 Å². The molecule has 0 spiro atoms. The third-order valence-electron chi connectivity index (χ3n) is 4.88. The van der Waals surface area contributed by atoms with Gasteiger partial charge in [-0.25, -0.2) is 34.4 Å². The van der Waals surface area contributed by atoms with Gasteiger partial charge in [0.25, 0.3) is 0 Å². The monoisotopic (exact) mass is 520 g/mol. The van der Waals surface area contributed by atoms with Gasteiger partial charge in [-0.2, -0.15) is 10.9 Å². The molecule has 0 fully saturated rings. The minimum Gasteiger partial charge on any atom is -0.223 e. The van der Waals surface area contributed by atoms with Crippen molar-refractivity contribution in [2.45, 2.75) is 38.3 Å². The first-order chi connectivity index (χ1) is 15.4. The molecule has 4 nitrogen and oxygen atoms in total. The van der Waals surface area contributed by atoms with Crippen LogP contribution < -0.4 is 0 Å². The van der Waals surface area contributed by atoms with Crippen molar-refractivity contribution >= 4 is 30.6 Å². The maximum atomic E-state index is 14.8. The molecule has 0 aliphatic rings. The van der Waals surface area contributed by atoms with Gasteiger partial charge in [0.15, 0.2) is 19.7 Å². The highest BCUT2D eigenvalue weighted by atomic mass is 32.2. The van der Waals surface area contributed by atoms with Gasteiger partial charge in [-0.15, -0.1) is 0 Å². The Morgan fingerprint density at radius 1 is 0.606 bits per heavy atom. The quantitative estimate of drug-likeness (QED) is 0.339. The van der Waals surface area contributed by atoms with Crippen LogP contribution in [-0.2, 0) is 19.7 Å². The summed E-state index contributed by atoms with van der Waals surface area (Å²) in [7, 11) is -10.4. The average Bonchev–Trinajstić information content (AvgIpc) is 2.73. The van der Waals surface area contributed by atoms with Crippen molar-refractivity contribution in [2.24, 2.45) is 0 Å². The summed E-state index contributed by atoms with van der Waals surface area (Å²) in [4.78, 5) is -1.75. The molecule has 0 N–H and O–H groups in total. The Bertz CT molecular complexity index is 1270. The topological polar surface area (TPSA) is 68.3 Å². The first-order valence-electron chi connectivity index (χ1n) is 9.71. The fourth-order valence-corrected chi connectivity index (χ4v) is 7.59. The molecule has 0 unspecified atom stereocenters. The lowest BCUT2D eigenvalue weighted by Crippen LogP contribution is -2.10. The van der Waals surface area contributed by atoms with Crippen LogP contribution in [0.1, 0.15) is 13.8 Å². The Morgan fingerprint density at radius 2 is 0.939 bits per heavy atom. The lowest BCUT2D eigenvalue weighted by Gasteiger charge is -2.24.